The molecule has 30 heavy (non-hydrogen) atoms. The smallest absolute Gasteiger partial charge is 0.323 e. The van der Waals surface area contributed by atoms with Crippen molar-refractivity contribution < 1.29 is 29.0 Å². The summed E-state index contributed by atoms with van der Waals surface area (Å²) in [6, 6.07) is 14.0. The van der Waals surface area contributed by atoms with Gasteiger partial charge in [0.15, 0.2) is 6.61 Å². The maximum absolute atomic E-state index is 12.2. The molecule has 9 heteroatoms. The topological polar surface area (TPSA) is 113 Å². The number of hydrogen-bond donors (Lipinski definition) is 2. The van der Waals surface area contributed by atoms with Crippen molar-refractivity contribution in [2.45, 2.75) is 6.92 Å². The summed E-state index contributed by atoms with van der Waals surface area (Å²) in [5, 5.41) is 10.9. The van der Waals surface area contributed by atoms with E-state index in [0.717, 1.165) is 5.56 Å². The molecule has 1 fully saturated rings. The number of carboxylic acid groups (broad SMARTS) is 1. The average Bonchev–Trinajstić information content (AvgIpc) is 2.96. The van der Waals surface area contributed by atoms with Gasteiger partial charge in [0.05, 0.1) is 4.91 Å². The van der Waals surface area contributed by atoms with Gasteiger partial charge in [-0.3, -0.25) is 24.1 Å². The van der Waals surface area contributed by atoms with Crippen molar-refractivity contribution in [1.29, 1.82) is 0 Å². The molecule has 2 N–H and O–H groups in total. The molecule has 2 aromatic rings. The van der Waals surface area contributed by atoms with Crippen molar-refractivity contribution in [3.05, 3.63) is 64.6 Å². The minimum Gasteiger partial charge on any atom is -0.484 e. The molecule has 3 rings (SSSR count). The standard InChI is InChI=1S/C21H18N2O6S/c1-13-2-6-15(7-3-13)22-18(24)12-29-16-8-4-14(5-9-16)10-17-20(27)23(11-19(25)26)21(28)30-17/h2-10H,11-12H2,1H3,(H,22,24)(H,25,26)/b17-10+. The van der Waals surface area contributed by atoms with Crippen LogP contribution < -0.4 is 10.1 Å². The fraction of sp³-hybridized carbons (Fsp3) is 0.143. The minimum absolute atomic E-state index is 0.146. The number of rotatable bonds is 7. The Labute approximate surface area is 176 Å². The van der Waals surface area contributed by atoms with Gasteiger partial charge in [-0.15, -0.1) is 0 Å². The number of carboxylic acids is 1. The van der Waals surface area contributed by atoms with E-state index in [0.29, 0.717) is 33.7 Å². The van der Waals surface area contributed by atoms with Crippen LogP contribution in [0.3, 0.4) is 0 Å². The third kappa shape index (κ3) is 5.48. The first-order valence-corrected chi connectivity index (χ1v) is 9.70. The van der Waals surface area contributed by atoms with Gasteiger partial charge in [-0.25, -0.2) is 0 Å². The third-order valence-electron chi connectivity index (χ3n) is 4.05. The van der Waals surface area contributed by atoms with Crippen molar-refractivity contribution in [3.8, 4) is 5.75 Å². The normalized spacial score (nSPS) is 14.8. The molecule has 1 aliphatic heterocycles. The van der Waals surface area contributed by atoms with E-state index in [1.54, 1.807) is 36.4 Å². The Morgan fingerprint density at radius 1 is 1.10 bits per heavy atom. The maximum Gasteiger partial charge on any atom is 0.323 e. The monoisotopic (exact) mass is 426 g/mol. The van der Waals surface area contributed by atoms with Crippen molar-refractivity contribution in [1.82, 2.24) is 4.90 Å². The van der Waals surface area contributed by atoms with Gasteiger partial charge in [-0.2, -0.15) is 0 Å². The van der Waals surface area contributed by atoms with Gasteiger partial charge in [0.1, 0.15) is 12.3 Å². The molecule has 8 nitrogen and oxygen atoms in total. The Bertz CT molecular complexity index is 1010. The quantitative estimate of drug-likeness (QED) is 0.654. The van der Waals surface area contributed by atoms with Crippen LogP contribution in [0, 0.1) is 6.92 Å². The summed E-state index contributed by atoms with van der Waals surface area (Å²) >= 11 is 0.690. The van der Waals surface area contributed by atoms with Crippen molar-refractivity contribution in [2.24, 2.45) is 0 Å². The number of hydrogen-bond acceptors (Lipinski definition) is 6. The SMILES string of the molecule is Cc1ccc(NC(=O)COc2ccc(/C=C3/SC(=O)N(CC(=O)O)C3=O)cc2)cc1. The van der Waals surface area contributed by atoms with Crippen LogP contribution in [0.2, 0.25) is 0 Å². The van der Waals surface area contributed by atoms with Gasteiger partial charge in [0.25, 0.3) is 17.1 Å². The second kappa shape index (κ2) is 9.27. The number of carbonyl (C=O) groups excluding carboxylic acids is 3. The van der Waals surface area contributed by atoms with E-state index in [2.05, 4.69) is 5.32 Å². The number of anilines is 1. The number of nitrogens with zero attached hydrogens (tertiary/aromatic N) is 1. The van der Waals surface area contributed by atoms with Crippen LogP contribution in [-0.4, -0.2) is 46.2 Å². The summed E-state index contributed by atoms with van der Waals surface area (Å²) in [6.07, 6.45) is 1.50. The Morgan fingerprint density at radius 2 is 1.77 bits per heavy atom. The number of ether oxygens (including phenoxy) is 1. The summed E-state index contributed by atoms with van der Waals surface area (Å²) in [4.78, 5) is 47.5. The van der Waals surface area contributed by atoms with Crippen LogP contribution in [0.1, 0.15) is 11.1 Å². The average molecular weight is 426 g/mol. The molecule has 1 heterocycles. The van der Waals surface area contributed by atoms with Crippen LogP contribution in [0.15, 0.2) is 53.4 Å². The fourth-order valence-electron chi connectivity index (χ4n) is 2.57. The molecule has 2 aromatic carbocycles. The highest BCUT2D eigenvalue weighted by atomic mass is 32.2. The van der Waals surface area contributed by atoms with Gasteiger partial charge in [-0.1, -0.05) is 29.8 Å². The first kappa shape index (κ1) is 21.1. The van der Waals surface area contributed by atoms with Crippen LogP contribution in [-0.2, 0) is 14.4 Å². The summed E-state index contributed by atoms with van der Waals surface area (Å²) < 4.78 is 5.46. The van der Waals surface area contributed by atoms with Crippen molar-refractivity contribution >= 4 is 46.5 Å². The van der Waals surface area contributed by atoms with Gasteiger partial charge in [0.2, 0.25) is 0 Å². The van der Waals surface area contributed by atoms with E-state index in [1.807, 2.05) is 19.1 Å². The van der Waals surface area contributed by atoms with Crippen molar-refractivity contribution in [2.75, 3.05) is 18.5 Å². The molecule has 0 radical (unpaired) electrons. The molecule has 0 saturated carbocycles. The zero-order chi connectivity index (χ0) is 21.7. The van der Waals surface area contributed by atoms with E-state index in [-0.39, 0.29) is 17.4 Å². The molecule has 0 aromatic heterocycles. The van der Waals surface area contributed by atoms with Crippen molar-refractivity contribution in [3.63, 3.8) is 0 Å². The number of imide groups is 1. The van der Waals surface area contributed by atoms with Crippen LogP contribution >= 0.6 is 11.8 Å². The number of nitrogens with one attached hydrogen (secondary N) is 1. The lowest BCUT2D eigenvalue weighted by Crippen LogP contribution is -2.33. The van der Waals surface area contributed by atoms with Gasteiger partial charge < -0.3 is 15.2 Å². The predicted molar refractivity (Wildman–Crippen MR) is 112 cm³/mol. The van der Waals surface area contributed by atoms with E-state index >= 15 is 0 Å². The fourth-order valence-corrected chi connectivity index (χ4v) is 3.40. The molecule has 154 valence electrons. The highest BCUT2D eigenvalue weighted by molar-refractivity contribution is 8.18. The minimum atomic E-state index is -1.26. The van der Waals surface area contributed by atoms with Crippen LogP contribution in [0.25, 0.3) is 6.08 Å². The molecule has 0 atom stereocenters. The summed E-state index contributed by atoms with van der Waals surface area (Å²) in [7, 11) is 0. The van der Waals surface area contributed by atoms with Crippen LogP contribution in [0.5, 0.6) is 5.75 Å². The largest absolute Gasteiger partial charge is 0.484 e. The number of benzene rings is 2. The Balaban J connectivity index is 1.56. The molecule has 0 bridgehead atoms. The summed E-state index contributed by atoms with van der Waals surface area (Å²) in [6.45, 7) is 1.13. The molecule has 1 saturated heterocycles. The molecule has 0 unspecified atom stereocenters. The lowest BCUT2D eigenvalue weighted by atomic mass is 10.2. The van der Waals surface area contributed by atoms with Gasteiger partial charge >= 0.3 is 5.97 Å². The number of thioether (sulfide) groups is 1. The summed E-state index contributed by atoms with van der Waals surface area (Å²) in [5.74, 6) is -1.73. The van der Waals surface area contributed by atoms with E-state index in [1.165, 1.54) is 6.08 Å². The second-order valence-electron chi connectivity index (χ2n) is 6.43. The highest BCUT2D eigenvalue weighted by Crippen LogP contribution is 2.32. The maximum atomic E-state index is 12.2. The summed E-state index contributed by atoms with van der Waals surface area (Å²) in [5.41, 5.74) is 2.41. The molecule has 1 aliphatic rings. The van der Waals surface area contributed by atoms with Gasteiger partial charge in [0, 0.05) is 5.69 Å². The number of carbonyl (C=O) groups is 4. The van der Waals surface area contributed by atoms with Crippen LogP contribution in [0.4, 0.5) is 10.5 Å². The number of amides is 3. The predicted octanol–water partition coefficient (Wildman–Crippen LogP) is 3.13. The van der Waals surface area contributed by atoms with E-state index in [9.17, 15) is 19.2 Å². The lowest BCUT2D eigenvalue weighted by molar-refractivity contribution is -0.140. The lowest BCUT2D eigenvalue weighted by Gasteiger charge is -2.08. The van der Waals surface area contributed by atoms with E-state index in [4.69, 9.17) is 9.84 Å². The zero-order valence-electron chi connectivity index (χ0n) is 16.0. The Hall–Kier alpha value is -3.59. The zero-order valence-corrected chi connectivity index (χ0v) is 16.8. The highest BCUT2D eigenvalue weighted by Gasteiger charge is 2.36. The third-order valence-corrected chi connectivity index (χ3v) is 4.96. The number of aryl methyl sites for hydroxylation is 1. The molecule has 0 aliphatic carbocycles. The number of aliphatic carboxylic acids is 1. The van der Waals surface area contributed by atoms with Gasteiger partial charge in [-0.05, 0) is 54.6 Å². The second-order valence-corrected chi connectivity index (χ2v) is 7.43. The first-order valence-electron chi connectivity index (χ1n) is 8.88. The Kier molecular flexibility index (Phi) is 6.53. The Morgan fingerprint density at radius 3 is 2.40 bits per heavy atom. The van der Waals surface area contributed by atoms with E-state index < -0.39 is 23.7 Å². The molecular weight excluding hydrogens is 408 g/mol. The first-order chi connectivity index (χ1) is 14.3. The molecule has 0 spiro atoms. The molecular formula is C21H18N2O6S. The molecule has 3 amide bonds.